The van der Waals surface area contributed by atoms with Gasteiger partial charge in [0.1, 0.15) is 0 Å². The molecule has 1 aliphatic heterocycles. The minimum absolute atomic E-state index is 0.211. The second-order valence-corrected chi connectivity index (χ2v) is 4.57. The van der Waals surface area contributed by atoms with Crippen LogP contribution < -0.4 is 5.32 Å². The number of aryl methyl sites for hydroxylation is 1. The highest BCUT2D eigenvalue weighted by atomic mass is 16.1. The molecule has 1 saturated heterocycles. The van der Waals surface area contributed by atoms with Gasteiger partial charge in [-0.05, 0) is 19.4 Å². The Labute approximate surface area is 89.7 Å². The van der Waals surface area contributed by atoms with Gasteiger partial charge in [0.05, 0.1) is 11.8 Å². The quantitative estimate of drug-likeness (QED) is 0.736. The second-order valence-electron chi connectivity index (χ2n) is 4.57. The predicted octanol–water partition coefficient (Wildman–Crippen LogP) is 0.992. The van der Waals surface area contributed by atoms with Crippen LogP contribution in [0.2, 0.25) is 0 Å². The van der Waals surface area contributed by atoms with Crippen molar-refractivity contribution >= 4 is 5.78 Å². The molecular formula is C11H17N3O. The minimum Gasteiger partial charge on any atom is -0.316 e. The van der Waals surface area contributed by atoms with Gasteiger partial charge >= 0.3 is 0 Å². The summed E-state index contributed by atoms with van der Waals surface area (Å²) in [5.74, 6) is 0.211. The Balaban J connectivity index is 2.19. The normalized spacial score (nSPS) is 26.5. The smallest absolute Gasteiger partial charge is 0.173 e. The number of carbonyl (C=O) groups is 1. The summed E-state index contributed by atoms with van der Waals surface area (Å²) in [6.45, 7) is 3.84. The highest BCUT2D eigenvalue weighted by molar-refractivity contribution is 6.00. The van der Waals surface area contributed by atoms with Gasteiger partial charge in [-0.25, -0.2) is 0 Å². The molecule has 1 fully saturated rings. The Morgan fingerprint density at radius 3 is 3.00 bits per heavy atom. The zero-order valence-electron chi connectivity index (χ0n) is 9.29. The topological polar surface area (TPSA) is 46.9 Å². The Bertz CT molecular complexity index is 364. The summed E-state index contributed by atoms with van der Waals surface area (Å²) in [7, 11) is 1.83. The largest absolute Gasteiger partial charge is 0.316 e. The van der Waals surface area contributed by atoms with E-state index in [0.29, 0.717) is 0 Å². The number of hydrogen-bond acceptors (Lipinski definition) is 3. The fourth-order valence-corrected chi connectivity index (χ4v) is 2.14. The number of carbonyl (C=O) groups excluding carboxylic acids is 1. The van der Waals surface area contributed by atoms with E-state index in [1.54, 1.807) is 17.1 Å². The summed E-state index contributed by atoms with van der Waals surface area (Å²) in [5, 5.41) is 7.32. The van der Waals surface area contributed by atoms with Crippen LogP contribution in [-0.4, -0.2) is 28.7 Å². The number of piperidine rings is 1. The summed E-state index contributed by atoms with van der Waals surface area (Å²) in [6.07, 6.45) is 5.49. The Kier molecular flexibility index (Phi) is 2.61. The third-order valence-corrected chi connectivity index (χ3v) is 3.11. The van der Waals surface area contributed by atoms with E-state index in [-0.39, 0.29) is 11.2 Å². The SMILES string of the molecule is Cn1cc(C(=O)C2(C)CCCNC2)cn1. The summed E-state index contributed by atoms with van der Waals surface area (Å²) >= 11 is 0. The maximum absolute atomic E-state index is 12.2. The van der Waals surface area contributed by atoms with Gasteiger partial charge in [-0.15, -0.1) is 0 Å². The number of rotatable bonds is 2. The Hall–Kier alpha value is -1.16. The number of hydrogen-bond donors (Lipinski definition) is 1. The van der Waals surface area contributed by atoms with Gasteiger partial charge in [0, 0.05) is 25.2 Å². The molecule has 1 N–H and O–H groups in total. The molecule has 2 rings (SSSR count). The first-order valence-electron chi connectivity index (χ1n) is 5.36. The molecule has 0 bridgehead atoms. The molecule has 2 heterocycles. The lowest BCUT2D eigenvalue weighted by Crippen LogP contribution is -2.43. The first-order valence-corrected chi connectivity index (χ1v) is 5.36. The van der Waals surface area contributed by atoms with Crippen molar-refractivity contribution in [2.75, 3.05) is 13.1 Å². The van der Waals surface area contributed by atoms with Crippen LogP contribution in [-0.2, 0) is 7.05 Å². The molecule has 0 aliphatic carbocycles. The van der Waals surface area contributed by atoms with Gasteiger partial charge < -0.3 is 5.32 Å². The van der Waals surface area contributed by atoms with Crippen LogP contribution in [0.25, 0.3) is 0 Å². The maximum atomic E-state index is 12.2. The van der Waals surface area contributed by atoms with Gasteiger partial charge in [-0.3, -0.25) is 9.48 Å². The fourth-order valence-electron chi connectivity index (χ4n) is 2.14. The van der Waals surface area contributed by atoms with Crippen molar-refractivity contribution in [1.82, 2.24) is 15.1 Å². The lowest BCUT2D eigenvalue weighted by molar-refractivity contribution is 0.0773. The number of nitrogens with one attached hydrogen (secondary N) is 1. The third kappa shape index (κ3) is 1.95. The summed E-state index contributed by atoms with van der Waals surface area (Å²) in [4.78, 5) is 12.2. The zero-order valence-corrected chi connectivity index (χ0v) is 9.29. The molecule has 1 aliphatic rings. The van der Waals surface area contributed by atoms with Crippen LogP contribution in [0, 0.1) is 5.41 Å². The maximum Gasteiger partial charge on any atom is 0.173 e. The van der Waals surface area contributed by atoms with Crippen LogP contribution in [0.1, 0.15) is 30.1 Å². The summed E-state index contributed by atoms with van der Waals surface area (Å²) in [6, 6.07) is 0. The first kappa shape index (κ1) is 10.4. The van der Waals surface area contributed by atoms with Gasteiger partial charge in [0.2, 0.25) is 0 Å². The summed E-state index contributed by atoms with van der Waals surface area (Å²) < 4.78 is 1.67. The molecule has 1 aromatic heterocycles. The van der Waals surface area contributed by atoms with E-state index < -0.39 is 0 Å². The molecule has 1 atom stereocenters. The molecule has 0 aromatic carbocycles. The predicted molar refractivity (Wildman–Crippen MR) is 57.7 cm³/mol. The number of ketones is 1. The molecule has 4 heteroatoms. The molecule has 0 amide bonds. The second kappa shape index (κ2) is 3.77. The molecule has 82 valence electrons. The summed E-state index contributed by atoms with van der Waals surface area (Å²) in [5.41, 5.74) is 0.477. The Morgan fingerprint density at radius 1 is 1.67 bits per heavy atom. The van der Waals surface area contributed by atoms with Crippen molar-refractivity contribution in [3.8, 4) is 0 Å². The van der Waals surface area contributed by atoms with E-state index in [9.17, 15) is 4.79 Å². The minimum atomic E-state index is -0.249. The standard InChI is InChI=1S/C11H17N3O/c1-11(4-3-5-12-8-11)10(15)9-6-13-14(2)7-9/h6-7,12H,3-5,8H2,1-2H3. The average Bonchev–Trinajstić information content (AvgIpc) is 2.65. The molecule has 1 unspecified atom stereocenters. The lowest BCUT2D eigenvalue weighted by Gasteiger charge is -2.32. The molecule has 15 heavy (non-hydrogen) atoms. The van der Waals surface area contributed by atoms with E-state index >= 15 is 0 Å². The van der Waals surface area contributed by atoms with Crippen LogP contribution in [0.3, 0.4) is 0 Å². The van der Waals surface area contributed by atoms with Gasteiger partial charge in [-0.1, -0.05) is 6.92 Å². The zero-order chi connectivity index (χ0) is 10.9. The van der Waals surface area contributed by atoms with E-state index in [2.05, 4.69) is 10.4 Å². The van der Waals surface area contributed by atoms with Crippen LogP contribution in [0.15, 0.2) is 12.4 Å². The van der Waals surface area contributed by atoms with Crippen molar-refractivity contribution in [2.24, 2.45) is 12.5 Å². The van der Waals surface area contributed by atoms with Crippen LogP contribution in [0.4, 0.5) is 0 Å². The van der Waals surface area contributed by atoms with E-state index in [1.165, 1.54) is 0 Å². The fraction of sp³-hybridized carbons (Fsp3) is 0.636. The molecule has 0 saturated carbocycles. The number of Topliss-reactive ketones (excluding diaryl/α,β-unsaturated/α-hetero) is 1. The average molecular weight is 207 g/mol. The molecule has 0 spiro atoms. The van der Waals surface area contributed by atoms with Crippen molar-refractivity contribution in [3.63, 3.8) is 0 Å². The van der Waals surface area contributed by atoms with Crippen LogP contribution >= 0.6 is 0 Å². The first-order chi connectivity index (χ1) is 7.12. The van der Waals surface area contributed by atoms with Crippen molar-refractivity contribution < 1.29 is 4.79 Å². The number of nitrogens with zero attached hydrogens (tertiary/aromatic N) is 2. The Morgan fingerprint density at radius 2 is 2.47 bits per heavy atom. The molecule has 1 aromatic rings. The van der Waals surface area contributed by atoms with Crippen molar-refractivity contribution in [3.05, 3.63) is 18.0 Å². The number of aromatic nitrogens is 2. The third-order valence-electron chi connectivity index (χ3n) is 3.11. The molecular weight excluding hydrogens is 190 g/mol. The lowest BCUT2D eigenvalue weighted by atomic mass is 9.77. The van der Waals surface area contributed by atoms with Gasteiger partial charge in [0.25, 0.3) is 0 Å². The van der Waals surface area contributed by atoms with Crippen molar-refractivity contribution in [1.29, 1.82) is 0 Å². The van der Waals surface area contributed by atoms with Crippen LogP contribution in [0.5, 0.6) is 0 Å². The highest BCUT2D eigenvalue weighted by Gasteiger charge is 2.35. The van der Waals surface area contributed by atoms with Crippen molar-refractivity contribution in [2.45, 2.75) is 19.8 Å². The highest BCUT2D eigenvalue weighted by Crippen LogP contribution is 2.29. The van der Waals surface area contributed by atoms with E-state index in [1.807, 2.05) is 14.0 Å². The van der Waals surface area contributed by atoms with E-state index in [4.69, 9.17) is 0 Å². The molecule has 4 nitrogen and oxygen atoms in total. The van der Waals surface area contributed by atoms with Gasteiger partial charge in [0.15, 0.2) is 5.78 Å². The van der Waals surface area contributed by atoms with Gasteiger partial charge in [-0.2, -0.15) is 5.10 Å². The monoisotopic (exact) mass is 207 g/mol. The molecule has 0 radical (unpaired) electrons. The van der Waals surface area contributed by atoms with E-state index in [0.717, 1.165) is 31.5 Å².